The summed E-state index contributed by atoms with van der Waals surface area (Å²) in [6, 6.07) is 3.97. The summed E-state index contributed by atoms with van der Waals surface area (Å²) in [5.74, 6) is 0.235. The number of thiophene rings is 1. The van der Waals surface area contributed by atoms with Gasteiger partial charge in [-0.05, 0) is 48.8 Å². The van der Waals surface area contributed by atoms with Gasteiger partial charge in [0.1, 0.15) is 0 Å². The summed E-state index contributed by atoms with van der Waals surface area (Å²) in [6.45, 7) is 6.62. The number of nitrogens with one attached hydrogen (secondary N) is 1. The van der Waals surface area contributed by atoms with Crippen LogP contribution in [0.4, 0.5) is 0 Å². The highest BCUT2D eigenvalue weighted by molar-refractivity contribution is 9.11. The van der Waals surface area contributed by atoms with Crippen LogP contribution in [0.25, 0.3) is 0 Å². The molecule has 15 heavy (non-hydrogen) atoms. The van der Waals surface area contributed by atoms with E-state index in [1.165, 1.54) is 0 Å². The second-order valence-corrected chi connectivity index (χ2v) is 7.07. The van der Waals surface area contributed by atoms with Crippen molar-refractivity contribution in [2.24, 2.45) is 0 Å². The standard InChI is InChI=1S/C11H16BrNOS/c1-11(2,3)13-7-8(14)6-9-4-5-10(12)15-9/h4-5,13H,6-7H2,1-3H3. The normalized spacial score (nSPS) is 11.7. The van der Waals surface area contributed by atoms with Crippen LogP contribution >= 0.6 is 27.3 Å². The lowest BCUT2D eigenvalue weighted by Crippen LogP contribution is -2.39. The Morgan fingerprint density at radius 2 is 2.13 bits per heavy atom. The van der Waals surface area contributed by atoms with Crippen molar-refractivity contribution in [1.29, 1.82) is 0 Å². The maximum Gasteiger partial charge on any atom is 0.151 e. The minimum absolute atomic E-state index is 0.00565. The van der Waals surface area contributed by atoms with Crippen molar-refractivity contribution in [1.82, 2.24) is 5.32 Å². The first-order valence-electron chi connectivity index (χ1n) is 4.88. The van der Waals surface area contributed by atoms with Gasteiger partial charge < -0.3 is 5.32 Å². The predicted molar refractivity (Wildman–Crippen MR) is 68.5 cm³/mol. The molecule has 0 aliphatic heterocycles. The molecule has 0 aliphatic carbocycles. The zero-order valence-electron chi connectivity index (χ0n) is 9.26. The lowest BCUT2D eigenvalue weighted by molar-refractivity contribution is -0.117. The zero-order chi connectivity index (χ0) is 11.5. The lowest BCUT2D eigenvalue weighted by atomic mass is 10.1. The van der Waals surface area contributed by atoms with E-state index >= 15 is 0 Å². The summed E-state index contributed by atoms with van der Waals surface area (Å²) in [5, 5.41) is 3.19. The Balaban J connectivity index is 2.37. The lowest BCUT2D eigenvalue weighted by Gasteiger charge is -2.19. The largest absolute Gasteiger partial charge is 0.305 e. The fraction of sp³-hybridized carbons (Fsp3) is 0.545. The number of hydrogen-bond donors (Lipinski definition) is 1. The third-order valence-corrected chi connectivity index (χ3v) is 3.44. The van der Waals surface area contributed by atoms with Crippen LogP contribution in [0.15, 0.2) is 15.9 Å². The number of halogens is 1. The van der Waals surface area contributed by atoms with Crippen LogP contribution < -0.4 is 5.32 Å². The van der Waals surface area contributed by atoms with E-state index in [0.717, 1.165) is 8.66 Å². The van der Waals surface area contributed by atoms with E-state index in [1.807, 2.05) is 12.1 Å². The van der Waals surface area contributed by atoms with Gasteiger partial charge in [0.2, 0.25) is 0 Å². The zero-order valence-corrected chi connectivity index (χ0v) is 11.7. The van der Waals surface area contributed by atoms with Crippen molar-refractivity contribution in [2.75, 3.05) is 6.54 Å². The van der Waals surface area contributed by atoms with Gasteiger partial charge in [0, 0.05) is 16.8 Å². The summed E-state index contributed by atoms with van der Waals surface area (Å²) in [4.78, 5) is 12.7. The van der Waals surface area contributed by atoms with Crippen LogP contribution in [0.1, 0.15) is 25.6 Å². The van der Waals surface area contributed by atoms with Crippen molar-refractivity contribution in [2.45, 2.75) is 32.7 Å². The van der Waals surface area contributed by atoms with E-state index in [9.17, 15) is 4.79 Å². The van der Waals surface area contributed by atoms with Gasteiger partial charge in [-0.15, -0.1) is 11.3 Å². The summed E-state index contributed by atoms with van der Waals surface area (Å²) in [5.41, 5.74) is 0.00565. The van der Waals surface area contributed by atoms with Crippen LogP contribution in [-0.2, 0) is 11.2 Å². The molecule has 0 bridgehead atoms. The van der Waals surface area contributed by atoms with Crippen LogP contribution in [0.3, 0.4) is 0 Å². The Bertz CT molecular complexity index is 341. The molecule has 1 aromatic heterocycles. The highest BCUT2D eigenvalue weighted by Gasteiger charge is 2.12. The van der Waals surface area contributed by atoms with Crippen molar-refractivity contribution < 1.29 is 4.79 Å². The summed E-state index contributed by atoms with van der Waals surface area (Å²) in [6.07, 6.45) is 0.527. The highest BCUT2D eigenvalue weighted by atomic mass is 79.9. The van der Waals surface area contributed by atoms with E-state index in [0.29, 0.717) is 13.0 Å². The summed E-state index contributed by atoms with van der Waals surface area (Å²) in [7, 11) is 0. The van der Waals surface area contributed by atoms with Gasteiger partial charge in [-0.3, -0.25) is 4.79 Å². The summed E-state index contributed by atoms with van der Waals surface area (Å²) < 4.78 is 1.08. The second kappa shape index (κ2) is 5.23. The minimum Gasteiger partial charge on any atom is -0.305 e. The van der Waals surface area contributed by atoms with Crippen molar-refractivity contribution in [3.05, 3.63) is 20.8 Å². The van der Waals surface area contributed by atoms with Crippen molar-refractivity contribution >= 4 is 33.0 Å². The molecule has 0 atom stereocenters. The molecule has 2 nitrogen and oxygen atoms in total. The molecule has 1 rings (SSSR count). The SMILES string of the molecule is CC(C)(C)NCC(=O)Cc1ccc(Br)s1. The second-order valence-electron chi connectivity index (χ2n) is 4.52. The molecule has 0 aliphatic rings. The first-order chi connectivity index (χ1) is 6.87. The topological polar surface area (TPSA) is 29.1 Å². The maximum absolute atomic E-state index is 11.6. The average Bonchev–Trinajstić information content (AvgIpc) is 2.47. The van der Waals surface area contributed by atoms with E-state index in [1.54, 1.807) is 11.3 Å². The summed E-state index contributed by atoms with van der Waals surface area (Å²) >= 11 is 5.00. The Morgan fingerprint density at radius 1 is 1.47 bits per heavy atom. The molecule has 4 heteroatoms. The molecule has 0 saturated heterocycles. The van der Waals surface area contributed by atoms with E-state index in [-0.39, 0.29) is 11.3 Å². The van der Waals surface area contributed by atoms with E-state index < -0.39 is 0 Å². The molecular formula is C11H16BrNOS. The number of hydrogen-bond acceptors (Lipinski definition) is 3. The van der Waals surface area contributed by atoms with Gasteiger partial charge in [-0.1, -0.05) is 0 Å². The minimum atomic E-state index is 0.00565. The molecule has 0 fully saturated rings. The average molecular weight is 290 g/mol. The number of carbonyl (C=O) groups is 1. The van der Waals surface area contributed by atoms with E-state index in [2.05, 4.69) is 42.0 Å². The molecular weight excluding hydrogens is 274 g/mol. The number of carbonyl (C=O) groups excluding carboxylic acids is 1. The molecule has 84 valence electrons. The van der Waals surface area contributed by atoms with Gasteiger partial charge in [-0.2, -0.15) is 0 Å². The third-order valence-electron chi connectivity index (χ3n) is 1.82. The first kappa shape index (κ1) is 12.9. The number of ketones is 1. The van der Waals surface area contributed by atoms with Crippen molar-refractivity contribution in [3.63, 3.8) is 0 Å². The monoisotopic (exact) mass is 289 g/mol. The smallest absolute Gasteiger partial charge is 0.151 e. The van der Waals surface area contributed by atoms with Gasteiger partial charge in [0.25, 0.3) is 0 Å². The predicted octanol–water partition coefficient (Wildman–Crippen LogP) is 3.01. The fourth-order valence-electron chi connectivity index (χ4n) is 1.07. The molecule has 0 spiro atoms. The Morgan fingerprint density at radius 3 is 2.60 bits per heavy atom. The third kappa shape index (κ3) is 5.44. The van der Waals surface area contributed by atoms with E-state index in [4.69, 9.17) is 0 Å². The Kier molecular flexibility index (Phi) is 4.49. The Labute approximate surface area is 103 Å². The fourth-order valence-corrected chi connectivity index (χ4v) is 2.58. The van der Waals surface area contributed by atoms with Gasteiger partial charge >= 0.3 is 0 Å². The van der Waals surface area contributed by atoms with Gasteiger partial charge in [-0.25, -0.2) is 0 Å². The maximum atomic E-state index is 11.6. The van der Waals surface area contributed by atoms with Crippen LogP contribution in [-0.4, -0.2) is 17.9 Å². The molecule has 0 saturated carbocycles. The number of rotatable bonds is 4. The first-order valence-corrected chi connectivity index (χ1v) is 6.49. The molecule has 0 radical (unpaired) electrons. The molecule has 0 aromatic carbocycles. The van der Waals surface area contributed by atoms with Crippen LogP contribution in [0.2, 0.25) is 0 Å². The number of Topliss-reactive ketones (excluding diaryl/α,β-unsaturated/α-hetero) is 1. The van der Waals surface area contributed by atoms with Crippen molar-refractivity contribution in [3.8, 4) is 0 Å². The molecule has 0 unspecified atom stereocenters. The molecule has 1 aromatic rings. The molecule has 1 N–H and O–H groups in total. The van der Waals surface area contributed by atoms with Gasteiger partial charge in [0.15, 0.2) is 5.78 Å². The van der Waals surface area contributed by atoms with Crippen LogP contribution in [0, 0.1) is 0 Å². The quantitative estimate of drug-likeness (QED) is 0.923. The van der Waals surface area contributed by atoms with Gasteiger partial charge in [0.05, 0.1) is 10.3 Å². The highest BCUT2D eigenvalue weighted by Crippen LogP contribution is 2.22. The molecule has 1 heterocycles. The molecule has 0 amide bonds. The van der Waals surface area contributed by atoms with Crippen LogP contribution in [0.5, 0.6) is 0 Å². The Hall–Kier alpha value is -0.190.